The topological polar surface area (TPSA) is 59.8 Å². The van der Waals surface area contributed by atoms with E-state index in [1.54, 1.807) is 23.1 Å². The average molecular weight is 262 g/mol. The summed E-state index contributed by atoms with van der Waals surface area (Å²) in [5.41, 5.74) is 0. The maximum Gasteiger partial charge on any atom is 0.230 e. The molecule has 0 spiro atoms. The lowest BCUT2D eigenvalue weighted by Gasteiger charge is -2.01. The lowest BCUT2D eigenvalue weighted by Crippen LogP contribution is -2.17. The van der Waals surface area contributed by atoms with E-state index in [9.17, 15) is 4.79 Å². The molecule has 1 aliphatic rings. The third-order valence-corrected chi connectivity index (χ3v) is 4.05. The standard InChI is InChI=1S/C12H14N4OS/c1-7-6-8(7)11(17)14-12-13-10(15-16(12)2)9-4-3-5-18-9/h3-5,7-8H,6H2,1-2H3,(H,13,14,15,17)/t7-,8+/m0/s1. The number of hydrogen-bond acceptors (Lipinski definition) is 4. The molecule has 1 saturated carbocycles. The maximum atomic E-state index is 11.8. The molecule has 6 heteroatoms. The molecule has 2 aromatic heterocycles. The molecule has 1 amide bonds. The number of carbonyl (C=O) groups is 1. The van der Waals surface area contributed by atoms with Crippen LogP contribution in [0.1, 0.15) is 13.3 Å². The number of thiophene rings is 1. The van der Waals surface area contributed by atoms with Crippen molar-refractivity contribution in [3.63, 3.8) is 0 Å². The van der Waals surface area contributed by atoms with Crippen LogP contribution in [0.25, 0.3) is 10.7 Å². The van der Waals surface area contributed by atoms with Crippen LogP contribution in [-0.2, 0) is 11.8 Å². The highest BCUT2D eigenvalue weighted by Gasteiger charge is 2.39. The summed E-state index contributed by atoms with van der Waals surface area (Å²) in [6.45, 7) is 2.08. The second kappa shape index (κ2) is 4.20. The van der Waals surface area contributed by atoms with Gasteiger partial charge in [0.25, 0.3) is 0 Å². The van der Waals surface area contributed by atoms with E-state index in [-0.39, 0.29) is 11.8 Å². The molecule has 0 saturated heterocycles. The quantitative estimate of drug-likeness (QED) is 0.922. The Hall–Kier alpha value is -1.69. The normalized spacial score (nSPS) is 21.9. The Kier molecular flexibility index (Phi) is 2.66. The molecule has 0 bridgehead atoms. The van der Waals surface area contributed by atoms with Crippen LogP contribution in [-0.4, -0.2) is 20.7 Å². The minimum atomic E-state index is 0.0516. The summed E-state index contributed by atoms with van der Waals surface area (Å²) >= 11 is 1.58. The second-order valence-corrected chi connectivity index (χ2v) is 5.62. The van der Waals surface area contributed by atoms with E-state index in [0.717, 1.165) is 11.3 Å². The number of hydrogen-bond donors (Lipinski definition) is 1. The van der Waals surface area contributed by atoms with E-state index in [1.165, 1.54) is 0 Å². The Labute approximate surface area is 109 Å². The van der Waals surface area contributed by atoms with Crippen molar-refractivity contribution in [2.45, 2.75) is 13.3 Å². The Morgan fingerprint density at radius 2 is 2.39 bits per heavy atom. The smallest absolute Gasteiger partial charge is 0.230 e. The molecule has 1 N–H and O–H groups in total. The maximum absolute atomic E-state index is 11.8. The molecule has 2 atom stereocenters. The van der Waals surface area contributed by atoms with Gasteiger partial charge in [0.2, 0.25) is 11.9 Å². The molecular weight excluding hydrogens is 248 g/mol. The van der Waals surface area contributed by atoms with Crippen molar-refractivity contribution in [3.05, 3.63) is 17.5 Å². The van der Waals surface area contributed by atoms with Gasteiger partial charge in [-0.25, -0.2) is 4.68 Å². The third kappa shape index (κ3) is 2.03. The number of carbonyl (C=O) groups excluding carboxylic acids is 1. The lowest BCUT2D eigenvalue weighted by molar-refractivity contribution is -0.117. The number of anilines is 1. The summed E-state index contributed by atoms with van der Waals surface area (Å²) in [5.74, 6) is 1.87. The third-order valence-electron chi connectivity index (χ3n) is 3.19. The van der Waals surface area contributed by atoms with E-state index < -0.39 is 0 Å². The van der Waals surface area contributed by atoms with Gasteiger partial charge in [-0.2, -0.15) is 4.98 Å². The number of aryl methyl sites for hydroxylation is 1. The van der Waals surface area contributed by atoms with Crippen molar-refractivity contribution < 1.29 is 4.79 Å². The highest BCUT2D eigenvalue weighted by molar-refractivity contribution is 7.13. The van der Waals surface area contributed by atoms with Crippen molar-refractivity contribution in [2.75, 3.05) is 5.32 Å². The van der Waals surface area contributed by atoms with Gasteiger partial charge < -0.3 is 0 Å². The van der Waals surface area contributed by atoms with Gasteiger partial charge in [0.1, 0.15) is 0 Å². The second-order valence-electron chi connectivity index (χ2n) is 4.67. The first-order chi connectivity index (χ1) is 8.65. The molecule has 1 fully saturated rings. The monoisotopic (exact) mass is 262 g/mol. The zero-order chi connectivity index (χ0) is 12.7. The van der Waals surface area contributed by atoms with Crippen LogP contribution >= 0.6 is 11.3 Å². The average Bonchev–Trinajstić information content (AvgIpc) is 2.79. The van der Waals surface area contributed by atoms with Gasteiger partial charge in [-0.05, 0) is 23.8 Å². The van der Waals surface area contributed by atoms with Crippen LogP contribution in [0.3, 0.4) is 0 Å². The predicted octanol–water partition coefficient (Wildman–Crippen LogP) is 2.14. The first-order valence-electron chi connectivity index (χ1n) is 5.91. The van der Waals surface area contributed by atoms with Gasteiger partial charge in [0, 0.05) is 13.0 Å². The van der Waals surface area contributed by atoms with Gasteiger partial charge in [0.15, 0.2) is 5.82 Å². The number of nitrogens with zero attached hydrogens (tertiary/aromatic N) is 3. The minimum Gasteiger partial charge on any atom is -0.294 e. The molecule has 0 unspecified atom stereocenters. The Morgan fingerprint density at radius 1 is 1.61 bits per heavy atom. The minimum absolute atomic E-state index is 0.0516. The molecule has 18 heavy (non-hydrogen) atoms. The van der Waals surface area contributed by atoms with Gasteiger partial charge in [0.05, 0.1) is 4.88 Å². The van der Waals surface area contributed by atoms with E-state index in [2.05, 4.69) is 22.3 Å². The number of rotatable bonds is 3. The zero-order valence-electron chi connectivity index (χ0n) is 10.3. The zero-order valence-corrected chi connectivity index (χ0v) is 11.1. The molecule has 2 aromatic rings. The fraction of sp³-hybridized carbons (Fsp3) is 0.417. The molecular formula is C12H14N4OS. The summed E-state index contributed by atoms with van der Waals surface area (Å²) < 4.78 is 1.61. The molecule has 94 valence electrons. The van der Waals surface area contributed by atoms with E-state index in [4.69, 9.17) is 0 Å². The molecule has 1 aliphatic carbocycles. The summed E-state index contributed by atoms with van der Waals surface area (Å²) in [7, 11) is 1.79. The van der Waals surface area contributed by atoms with Crippen molar-refractivity contribution in [1.82, 2.24) is 14.8 Å². The lowest BCUT2D eigenvalue weighted by atomic mass is 10.3. The first-order valence-corrected chi connectivity index (χ1v) is 6.79. The van der Waals surface area contributed by atoms with Crippen LogP contribution < -0.4 is 5.32 Å². The highest BCUT2D eigenvalue weighted by Crippen LogP contribution is 2.38. The Bertz CT molecular complexity index is 575. The Balaban J connectivity index is 1.79. The van der Waals surface area contributed by atoms with Crippen molar-refractivity contribution >= 4 is 23.2 Å². The number of nitrogens with one attached hydrogen (secondary N) is 1. The summed E-state index contributed by atoms with van der Waals surface area (Å²) in [6, 6.07) is 3.93. The van der Waals surface area contributed by atoms with Crippen molar-refractivity contribution in [2.24, 2.45) is 18.9 Å². The Morgan fingerprint density at radius 3 is 3.00 bits per heavy atom. The van der Waals surface area contributed by atoms with Crippen molar-refractivity contribution in [1.29, 1.82) is 0 Å². The molecule has 0 aromatic carbocycles. The fourth-order valence-corrected chi connectivity index (χ4v) is 2.55. The van der Waals surface area contributed by atoms with Gasteiger partial charge >= 0.3 is 0 Å². The summed E-state index contributed by atoms with van der Waals surface area (Å²) in [4.78, 5) is 17.2. The molecule has 0 aliphatic heterocycles. The highest BCUT2D eigenvalue weighted by atomic mass is 32.1. The van der Waals surface area contributed by atoms with Crippen LogP contribution in [0.5, 0.6) is 0 Å². The van der Waals surface area contributed by atoms with Gasteiger partial charge in [-0.1, -0.05) is 13.0 Å². The van der Waals surface area contributed by atoms with Crippen LogP contribution in [0.2, 0.25) is 0 Å². The first kappa shape index (κ1) is 11.4. The van der Waals surface area contributed by atoms with Crippen LogP contribution in [0, 0.1) is 11.8 Å². The largest absolute Gasteiger partial charge is 0.294 e. The van der Waals surface area contributed by atoms with Crippen LogP contribution in [0.15, 0.2) is 17.5 Å². The van der Waals surface area contributed by atoms with Crippen LogP contribution in [0.4, 0.5) is 5.95 Å². The predicted molar refractivity (Wildman–Crippen MR) is 70.2 cm³/mol. The molecule has 3 rings (SSSR count). The van der Waals surface area contributed by atoms with E-state index >= 15 is 0 Å². The fourth-order valence-electron chi connectivity index (χ4n) is 1.89. The molecule has 2 heterocycles. The van der Waals surface area contributed by atoms with Crippen molar-refractivity contribution in [3.8, 4) is 10.7 Å². The molecule has 0 radical (unpaired) electrons. The summed E-state index contributed by atoms with van der Waals surface area (Å²) in [5, 5.41) is 9.13. The number of aromatic nitrogens is 3. The van der Waals surface area contributed by atoms with Gasteiger partial charge in [-0.3, -0.25) is 10.1 Å². The van der Waals surface area contributed by atoms with E-state index in [1.807, 2.05) is 17.5 Å². The SMILES string of the molecule is C[C@H]1C[C@H]1C(=O)Nc1nc(-c2cccs2)nn1C. The molecule has 5 nitrogen and oxygen atoms in total. The summed E-state index contributed by atoms with van der Waals surface area (Å²) in [6.07, 6.45) is 0.974. The van der Waals surface area contributed by atoms with E-state index in [0.29, 0.717) is 17.7 Å². The van der Waals surface area contributed by atoms with Gasteiger partial charge in [-0.15, -0.1) is 16.4 Å². The number of amides is 1.